The van der Waals surface area contributed by atoms with Crippen LogP contribution in [0.5, 0.6) is 0 Å². The molecule has 0 bridgehead atoms. The van der Waals surface area contributed by atoms with Crippen molar-refractivity contribution < 1.29 is 0 Å². The minimum absolute atomic E-state index is 0.470. The van der Waals surface area contributed by atoms with Gasteiger partial charge in [-0.3, -0.25) is 0 Å². The molecule has 1 aliphatic carbocycles. The predicted octanol–water partition coefficient (Wildman–Crippen LogP) is 5.37. The van der Waals surface area contributed by atoms with Crippen LogP contribution >= 0.6 is 27.5 Å². The highest BCUT2D eigenvalue weighted by Gasteiger charge is 2.24. The van der Waals surface area contributed by atoms with Crippen molar-refractivity contribution in [3.05, 3.63) is 33.3 Å². The Balaban J connectivity index is 2.59. The maximum atomic E-state index is 6.38. The molecule has 0 saturated carbocycles. The van der Waals surface area contributed by atoms with E-state index in [2.05, 4.69) is 42.8 Å². The van der Waals surface area contributed by atoms with Crippen LogP contribution in [-0.2, 0) is 6.42 Å². The smallest absolute Gasteiger partial charge is 0.0443 e. The van der Waals surface area contributed by atoms with Gasteiger partial charge in [0.25, 0.3) is 0 Å². The van der Waals surface area contributed by atoms with E-state index in [-0.39, 0.29) is 0 Å². The summed E-state index contributed by atoms with van der Waals surface area (Å²) in [4.78, 5) is 0.470. The Bertz CT molecular complexity index is 412. The molecule has 16 heavy (non-hydrogen) atoms. The molecular formula is C14H18BrCl. The fourth-order valence-corrected chi connectivity index (χ4v) is 4.23. The van der Waals surface area contributed by atoms with Gasteiger partial charge in [0.2, 0.25) is 0 Å². The quantitative estimate of drug-likeness (QED) is 0.447. The van der Waals surface area contributed by atoms with E-state index in [1.807, 2.05) is 0 Å². The lowest BCUT2D eigenvalue weighted by molar-refractivity contribution is 0.508. The summed E-state index contributed by atoms with van der Waals surface area (Å²) in [7, 11) is 0. The van der Waals surface area contributed by atoms with Crippen LogP contribution in [0.2, 0.25) is 5.02 Å². The van der Waals surface area contributed by atoms with Crippen molar-refractivity contribution in [2.24, 2.45) is 5.92 Å². The highest BCUT2D eigenvalue weighted by Crippen LogP contribution is 2.42. The number of benzene rings is 1. The van der Waals surface area contributed by atoms with Crippen LogP contribution in [0.4, 0.5) is 0 Å². The molecule has 0 fully saturated rings. The summed E-state index contributed by atoms with van der Waals surface area (Å²) in [5, 5.41) is 0.955. The van der Waals surface area contributed by atoms with Crippen molar-refractivity contribution >= 4 is 27.5 Å². The first kappa shape index (κ1) is 12.4. The van der Waals surface area contributed by atoms with Gasteiger partial charge in [-0.05, 0) is 67.3 Å². The Kier molecular flexibility index (Phi) is 3.65. The summed E-state index contributed by atoms with van der Waals surface area (Å²) >= 11 is 10.2. The van der Waals surface area contributed by atoms with E-state index < -0.39 is 0 Å². The molecule has 0 radical (unpaired) electrons. The summed E-state index contributed by atoms with van der Waals surface area (Å²) in [6.45, 7) is 6.69. The predicted molar refractivity (Wildman–Crippen MR) is 74.7 cm³/mol. The van der Waals surface area contributed by atoms with Gasteiger partial charge in [0.05, 0.1) is 0 Å². The lowest BCUT2D eigenvalue weighted by Crippen LogP contribution is -2.01. The van der Waals surface area contributed by atoms with Crippen LogP contribution in [0.3, 0.4) is 0 Å². The van der Waals surface area contributed by atoms with Gasteiger partial charge in [-0.15, -0.1) is 0 Å². The molecule has 2 heteroatoms. The zero-order valence-electron chi connectivity index (χ0n) is 10.1. The topological polar surface area (TPSA) is 0 Å². The van der Waals surface area contributed by atoms with E-state index >= 15 is 0 Å². The van der Waals surface area contributed by atoms with Crippen molar-refractivity contribution in [3.63, 3.8) is 0 Å². The van der Waals surface area contributed by atoms with Gasteiger partial charge in [0, 0.05) is 9.85 Å². The highest BCUT2D eigenvalue weighted by atomic mass is 79.9. The van der Waals surface area contributed by atoms with Gasteiger partial charge in [-0.2, -0.15) is 0 Å². The average Bonchev–Trinajstić information content (AvgIpc) is 2.34. The van der Waals surface area contributed by atoms with Crippen molar-refractivity contribution in [1.29, 1.82) is 0 Å². The molecule has 0 aromatic heterocycles. The second kappa shape index (κ2) is 4.70. The minimum atomic E-state index is 0.470. The molecule has 2 rings (SSSR count). The van der Waals surface area contributed by atoms with Crippen LogP contribution in [0.1, 0.15) is 46.8 Å². The van der Waals surface area contributed by atoms with Gasteiger partial charge in [0.1, 0.15) is 0 Å². The molecule has 1 aromatic carbocycles. The molecule has 0 amide bonds. The van der Waals surface area contributed by atoms with Gasteiger partial charge >= 0.3 is 0 Å². The van der Waals surface area contributed by atoms with Crippen molar-refractivity contribution in [1.82, 2.24) is 0 Å². The first-order valence-corrected chi connectivity index (χ1v) is 7.22. The zero-order valence-corrected chi connectivity index (χ0v) is 12.5. The Labute approximate surface area is 112 Å². The van der Waals surface area contributed by atoms with E-state index in [9.17, 15) is 0 Å². The lowest BCUT2D eigenvalue weighted by Gasteiger charge is -2.18. The molecule has 0 aliphatic heterocycles. The third kappa shape index (κ3) is 2.17. The van der Waals surface area contributed by atoms with Gasteiger partial charge in [-0.25, -0.2) is 0 Å². The standard InChI is InChI=1S/C14H18BrCl/c1-8-4-5-11-13(16)7-9(2)10(3)14(11)12(15)6-8/h7-8,12H,4-6H2,1-3H3. The molecular weight excluding hydrogens is 284 g/mol. The van der Waals surface area contributed by atoms with E-state index in [0.29, 0.717) is 4.83 Å². The minimum Gasteiger partial charge on any atom is -0.0840 e. The maximum Gasteiger partial charge on any atom is 0.0443 e. The Morgan fingerprint density at radius 2 is 2.06 bits per heavy atom. The van der Waals surface area contributed by atoms with Crippen molar-refractivity contribution in [3.8, 4) is 0 Å². The van der Waals surface area contributed by atoms with Crippen LogP contribution in [-0.4, -0.2) is 0 Å². The highest BCUT2D eigenvalue weighted by molar-refractivity contribution is 9.09. The second-order valence-electron chi connectivity index (χ2n) is 5.04. The first-order valence-electron chi connectivity index (χ1n) is 5.93. The Hall–Kier alpha value is -0.0100. The summed E-state index contributed by atoms with van der Waals surface area (Å²) in [6, 6.07) is 2.12. The number of hydrogen-bond donors (Lipinski definition) is 0. The zero-order chi connectivity index (χ0) is 11.9. The maximum absolute atomic E-state index is 6.38. The monoisotopic (exact) mass is 300 g/mol. The molecule has 0 heterocycles. The van der Waals surface area contributed by atoms with E-state index in [1.54, 1.807) is 0 Å². The molecule has 1 aromatic rings. The lowest BCUT2D eigenvalue weighted by atomic mass is 9.94. The van der Waals surface area contributed by atoms with Gasteiger partial charge < -0.3 is 0 Å². The molecule has 0 saturated heterocycles. The number of rotatable bonds is 0. The SMILES string of the molecule is Cc1cc(Cl)c2c(c1C)C(Br)CC(C)CC2. The van der Waals surface area contributed by atoms with Crippen LogP contribution in [0, 0.1) is 19.8 Å². The molecule has 0 N–H and O–H groups in total. The molecule has 1 aliphatic rings. The number of hydrogen-bond acceptors (Lipinski definition) is 0. The molecule has 2 unspecified atom stereocenters. The normalized spacial score (nSPS) is 25.1. The molecule has 0 nitrogen and oxygen atoms in total. The summed E-state index contributed by atoms with van der Waals surface area (Å²) in [5.41, 5.74) is 5.54. The number of halogens is 2. The van der Waals surface area contributed by atoms with Crippen molar-refractivity contribution in [2.45, 2.75) is 44.9 Å². The van der Waals surface area contributed by atoms with Crippen LogP contribution < -0.4 is 0 Å². The average molecular weight is 302 g/mol. The molecule has 88 valence electrons. The van der Waals surface area contributed by atoms with Gasteiger partial charge in [0.15, 0.2) is 0 Å². The number of alkyl halides is 1. The number of fused-ring (bicyclic) bond motifs is 1. The van der Waals surface area contributed by atoms with Crippen molar-refractivity contribution in [2.75, 3.05) is 0 Å². The second-order valence-corrected chi connectivity index (χ2v) is 6.55. The molecule has 0 spiro atoms. The Morgan fingerprint density at radius 3 is 2.75 bits per heavy atom. The fourth-order valence-electron chi connectivity index (χ4n) is 2.61. The fraction of sp³-hybridized carbons (Fsp3) is 0.571. The summed E-state index contributed by atoms with van der Waals surface area (Å²) < 4.78 is 0. The molecule has 2 atom stereocenters. The third-order valence-electron chi connectivity index (χ3n) is 3.76. The largest absolute Gasteiger partial charge is 0.0840 e. The van der Waals surface area contributed by atoms with Crippen LogP contribution in [0.15, 0.2) is 6.07 Å². The number of aryl methyl sites for hydroxylation is 1. The summed E-state index contributed by atoms with van der Waals surface area (Å²) in [5.74, 6) is 0.771. The van der Waals surface area contributed by atoms with E-state index in [4.69, 9.17) is 11.6 Å². The van der Waals surface area contributed by atoms with E-state index in [0.717, 1.165) is 17.4 Å². The van der Waals surface area contributed by atoms with E-state index in [1.165, 1.54) is 35.1 Å². The Morgan fingerprint density at radius 1 is 1.38 bits per heavy atom. The van der Waals surface area contributed by atoms with Crippen LogP contribution in [0.25, 0.3) is 0 Å². The summed E-state index contributed by atoms with van der Waals surface area (Å²) in [6.07, 6.45) is 3.59. The van der Waals surface area contributed by atoms with Gasteiger partial charge in [-0.1, -0.05) is 34.5 Å². The third-order valence-corrected chi connectivity index (χ3v) is 4.93. The first-order chi connectivity index (χ1) is 7.50.